The summed E-state index contributed by atoms with van der Waals surface area (Å²) in [5.41, 5.74) is 5.67. The molecule has 0 saturated heterocycles. The maximum Gasteiger partial charge on any atom is -0.0196 e. The van der Waals surface area contributed by atoms with Gasteiger partial charge in [0.05, 0.1) is 0 Å². The Labute approximate surface area is 81.3 Å². The fourth-order valence-electron chi connectivity index (χ4n) is 1.70. The average molecular weight is 174 g/mol. The largest absolute Gasteiger partial charge is 0.0841 e. The van der Waals surface area contributed by atoms with Crippen LogP contribution in [0.2, 0.25) is 0 Å². The van der Waals surface area contributed by atoms with Gasteiger partial charge in [0.1, 0.15) is 0 Å². The van der Waals surface area contributed by atoms with Crippen LogP contribution >= 0.6 is 0 Å². The van der Waals surface area contributed by atoms with Crippen molar-refractivity contribution in [2.45, 2.75) is 34.1 Å². The molecule has 0 N–H and O–H groups in total. The van der Waals surface area contributed by atoms with Crippen LogP contribution < -0.4 is 0 Å². The number of aryl methyl sites for hydroxylation is 1. The topological polar surface area (TPSA) is 0 Å². The lowest BCUT2D eigenvalue weighted by atomic mass is 9.95. The van der Waals surface area contributed by atoms with Crippen LogP contribution in [0.3, 0.4) is 0 Å². The van der Waals surface area contributed by atoms with Crippen LogP contribution in [0.1, 0.15) is 37.5 Å². The molecule has 0 radical (unpaired) electrons. The highest BCUT2D eigenvalue weighted by Gasteiger charge is 2.03. The smallest absolute Gasteiger partial charge is 0.0196 e. The van der Waals surface area contributed by atoms with E-state index in [1.165, 1.54) is 22.3 Å². The first-order valence-corrected chi connectivity index (χ1v) is 4.92. The van der Waals surface area contributed by atoms with E-state index in [9.17, 15) is 0 Å². The zero-order valence-electron chi connectivity index (χ0n) is 9.02. The molecule has 1 aromatic rings. The Hall–Kier alpha value is -1.04. The molecule has 0 aromatic heterocycles. The molecule has 0 aliphatic carbocycles. The molecule has 70 valence electrons. The van der Waals surface area contributed by atoms with Crippen molar-refractivity contribution in [2.75, 3.05) is 0 Å². The zero-order valence-corrected chi connectivity index (χ0v) is 9.02. The molecule has 0 aliphatic heterocycles. The summed E-state index contributed by atoms with van der Waals surface area (Å²) in [5, 5.41) is 0. The van der Waals surface area contributed by atoms with Crippen molar-refractivity contribution in [1.29, 1.82) is 0 Å². The Morgan fingerprint density at radius 2 is 2.08 bits per heavy atom. The van der Waals surface area contributed by atoms with Crippen LogP contribution in [0.5, 0.6) is 0 Å². The molecular weight excluding hydrogens is 156 g/mol. The summed E-state index contributed by atoms with van der Waals surface area (Å²) < 4.78 is 0. The first-order chi connectivity index (χ1) is 6.20. The zero-order chi connectivity index (χ0) is 9.84. The second-order valence-corrected chi connectivity index (χ2v) is 3.43. The third kappa shape index (κ3) is 2.00. The number of benzene rings is 1. The van der Waals surface area contributed by atoms with E-state index in [0.29, 0.717) is 0 Å². The second-order valence-electron chi connectivity index (χ2n) is 3.43. The third-order valence-electron chi connectivity index (χ3n) is 2.62. The fraction of sp³-hybridized carbons (Fsp3) is 0.385. The van der Waals surface area contributed by atoms with Crippen molar-refractivity contribution in [3.05, 3.63) is 41.0 Å². The minimum absolute atomic E-state index is 1.12. The van der Waals surface area contributed by atoms with E-state index >= 15 is 0 Å². The van der Waals surface area contributed by atoms with Crippen LogP contribution in [0.15, 0.2) is 24.3 Å². The van der Waals surface area contributed by atoms with E-state index in [2.05, 4.69) is 52.0 Å². The van der Waals surface area contributed by atoms with Gasteiger partial charge in [0.2, 0.25) is 0 Å². The summed E-state index contributed by atoms with van der Waals surface area (Å²) in [6, 6.07) is 6.53. The lowest BCUT2D eigenvalue weighted by Crippen LogP contribution is -1.93. The van der Waals surface area contributed by atoms with Gasteiger partial charge in [0.25, 0.3) is 0 Å². The van der Waals surface area contributed by atoms with Crippen molar-refractivity contribution in [3.8, 4) is 0 Å². The van der Waals surface area contributed by atoms with Crippen molar-refractivity contribution in [1.82, 2.24) is 0 Å². The minimum atomic E-state index is 1.12. The molecule has 0 aliphatic rings. The standard InChI is InChI=1S/C13H18/c1-5-10(3)13-9-7-8-11(4)12(13)6-2/h5,7-9H,6H2,1-4H3/b10-5+. The van der Waals surface area contributed by atoms with Crippen molar-refractivity contribution < 1.29 is 0 Å². The molecular formula is C13H18. The molecule has 1 rings (SSSR count). The summed E-state index contributed by atoms with van der Waals surface area (Å²) in [4.78, 5) is 0. The first-order valence-electron chi connectivity index (χ1n) is 4.92. The Bertz CT molecular complexity index is 319. The van der Waals surface area contributed by atoms with Gasteiger partial charge in [-0.25, -0.2) is 0 Å². The predicted octanol–water partition coefficient (Wildman–Crippen LogP) is 3.98. The monoisotopic (exact) mass is 174 g/mol. The van der Waals surface area contributed by atoms with Crippen LogP contribution in [-0.4, -0.2) is 0 Å². The van der Waals surface area contributed by atoms with Gasteiger partial charge in [-0.05, 0) is 49.5 Å². The van der Waals surface area contributed by atoms with Gasteiger partial charge < -0.3 is 0 Å². The predicted molar refractivity (Wildman–Crippen MR) is 59.9 cm³/mol. The molecule has 0 bridgehead atoms. The molecule has 0 fully saturated rings. The third-order valence-corrected chi connectivity index (χ3v) is 2.62. The molecule has 0 heteroatoms. The molecule has 0 saturated carbocycles. The number of allylic oxidation sites excluding steroid dienone is 2. The highest BCUT2D eigenvalue weighted by Crippen LogP contribution is 2.22. The van der Waals surface area contributed by atoms with Crippen LogP contribution in [0, 0.1) is 6.92 Å². The van der Waals surface area contributed by atoms with E-state index in [-0.39, 0.29) is 0 Å². The van der Waals surface area contributed by atoms with Gasteiger partial charge >= 0.3 is 0 Å². The maximum atomic E-state index is 2.22. The van der Waals surface area contributed by atoms with Gasteiger partial charge in [-0.2, -0.15) is 0 Å². The molecule has 0 heterocycles. The second kappa shape index (κ2) is 4.27. The van der Waals surface area contributed by atoms with Crippen LogP contribution in [-0.2, 0) is 6.42 Å². The van der Waals surface area contributed by atoms with Gasteiger partial charge in [-0.3, -0.25) is 0 Å². The van der Waals surface area contributed by atoms with Gasteiger partial charge in [-0.15, -0.1) is 0 Å². The van der Waals surface area contributed by atoms with Crippen LogP contribution in [0.25, 0.3) is 5.57 Å². The van der Waals surface area contributed by atoms with Gasteiger partial charge in [-0.1, -0.05) is 31.2 Å². The summed E-state index contributed by atoms with van der Waals surface area (Å²) in [6.07, 6.45) is 3.29. The van der Waals surface area contributed by atoms with Gasteiger partial charge in [0, 0.05) is 0 Å². The minimum Gasteiger partial charge on any atom is -0.0841 e. The Morgan fingerprint density at radius 1 is 1.38 bits per heavy atom. The summed E-state index contributed by atoms with van der Waals surface area (Å²) >= 11 is 0. The first kappa shape index (κ1) is 10.0. The molecule has 0 unspecified atom stereocenters. The van der Waals surface area contributed by atoms with Gasteiger partial charge in [0.15, 0.2) is 0 Å². The summed E-state index contributed by atoms with van der Waals surface area (Å²) in [6.45, 7) is 8.67. The lowest BCUT2D eigenvalue weighted by molar-refractivity contribution is 1.10. The van der Waals surface area contributed by atoms with Crippen molar-refractivity contribution >= 4 is 5.57 Å². The highest BCUT2D eigenvalue weighted by molar-refractivity contribution is 5.67. The van der Waals surface area contributed by atoms with E-state index in [1.807, 2.05) is 0 Å². The molecule has 13 heavy (non-hydrogen) atoms. The molecule has 0 nitrogen and oxygen atoms in total. The molecule has 0 atom stereocenters. The van der Waals surface area contributed by atoms with E-state index in [0.717, 1.165) is 6.42 Å². The van der Waals surface area contributed by atoms with Crippen molar-refractivity contribution in [3.63, 3.8) is 0 Å². The lowest BCUT2D eigenvalue weighted by Gasteiger charge is -2.10. The van der Waals surface area contributed by atoms with E-state index in [1.54, 1.807) is 0 Å². The quantitative estimate of drug-likeness (QED) is 0.636. The Balaban J connectivity index is 3.28. The molecule has 0 spiro atoms. The number of rotatable bonds is 2. The SMILES string of the molecule is C/C=C(\C)c1cccc(C)c1CC. The van der Waals surface area contributed by atoms with E-state index in [4.69, 9.17) is 0 Å². The summed E-state index contributed by atoms with van der Waals surface area (Å²) in [5.74, 6) is 0. The average Bonchev–Trinajstić information content (AvgIpc) is 2.16. The van der Waals surface area contributed by atoms with Crippen molar-refractivity contribution in [2.24, 2.45) is 0 Å². The molecule has 0 amide bonds. The normalized spacial score (nSPS) is 11.8. The Kier molecular flexibility index (Phi) is 3.30. The Morgan fingerprint density at radius 3 is 2.62 bits per heavy atom. The van der Waals surface area contributed by atoms with Crippen LogP contribution in [0.4, 0.5) is 0 Å². The summed E-state index contributed by atoms with van der Waals surface area (Å²) in [7, 11) is 0. The number of hydrogen-bond donors (Lipinski definition) is 0. The number of hydrogen-bond acceptors (Lipinski definition) is 0. The molecule has 1 aromatic carbocycles. The maximum absolute atomic E-state index is 2.22. The fourth-order valence-corrected chi connectivity index (χ4v) is 1.70. The van der Waals surface area contributed by atoms with E-state index < -0.39 is 0 Å². The highest BCUT2D eigenvalue weighted by atomic mass is 14.1.